The van der Waals surface area contributed by atoms with Crippen molar-refractivity contribution in [1.29, 1.82) is 0 Å². The van der Waals surface area contributed by atoms with Crippen molar-refractivity contribution in [3.8, 4) is 16.9 Å². The monoisotopic (exact) mass is 642 g/mol. The van der Waals surface area contributed by atoms with E-state index in [1.807, 2.05) is 39.8 Å². The molecule has 1 atom stereocenters. The number of aryl methyl sites for hydroxylation is 1. The number of hydrogen-bond acceptors (Lipinski definition) is 6. The Balaban J connectivity index is 1.78. The number of pyridine rings is 1. The Morgan fingerprint density at radius 1 is 1.14 bits per heavy atom. The fourth-order valence-electron chi connectivity index (χ4n) is 5.07. The van der Waals surface area contributed by atoms with Crippen molar-refractivity contribution < 1.29 is 19.0 Å². The van der Waals surface area contributed by atoms with Crippen LogP contribution in [0.5, 0.6) is 5.75 Å². The maximum absolute atomic E-state index is 13.8. The van der Waals surface area contributed by atoms with Crippen LogP contribution in [0.3, 0.4) is 0 Å². The lowest BCUT2D eigenvalue weighted by Gasteiger charge is -2.21. The molecular weight excluding hydrogens is 600 g/mol. The Kier molecular flexibility index (Phi) is 10.0. The van der Waals surface area contributed by atoms with Gasteiger partial charge in [0, 0.05) is 37.6 Å². The van der Waals surface area contributed by atoms with Crippen LogP contribution in [-0.4, -0.2) is 44.6 Å². The minimum Gasteiger partial charge on any atom is -0.496 e. The van der Waals surface area contributed by atoms with Crippen LogP contribution in [0.15, 0.2) is 41.2 Å². The summed E-state index contributed by atoms with van der Waals surface area (Å²) in [5.74, 6) is 0.782. The number of amides is 1. The van der Waals surface area contributed by atoms with Crippen LogP contribution in [-0.2, 0) is 16.2 Å². The predicted molar refractivity (Wildman–Crippen MR) is 182 cm³/mol. The Morgan fingerprint density at radius 3 is 2.42 bits per heavy atom. The molecule has 0 radical (unpaired) electrons. The second-order valence-corrected chi connectivity index (χ2v) is 20.6. The van der Waals surface area contributed by atoms with Crippen molar-refractivity contribution in [1.82, 2.24) is 9.88 Å². The van der Waals surface area contributed by atoms with Crippen LogP contribution in [0.2, 0.25) is 30.0 Å². The summed E-state index contributed by atoms with van der Waals surface area (Å²) < 4.78 is 20.3. The maximum Gasteiger partial charge on any atom is 0.407 e. The summed E-state index contributed by atoms with van der Waals surface area (Å²) in [5.41, 5.74) is 4.00. The maximum atomic E-state index is 13.8. The molecule has 1 unspecified atom stereocenters. The zero-order valence-electron chi connectivity index (χ0n) is 26.6. The fourth-order valence-corrected chi connectivity index (χ4v) is 7.00. The number of hydrogen-bond donors (Lipinski definition) is 1. The van der Waals surface area contributed by atoms with Crippen molar-refractivity contribution in [2.24, 2.45) is 0 Å². The molecule has 4 rings (SSSR count). The Hall–Kier alpha value is -2.85. The van der Waals surface area contributed by atoms with Gasteiger partial charge in [-0.05, 0) is 68.5 Å². The van der Waals surface area contributed by atoms with Gasteiger partial charge >= 0.3 is 6.09 Å². The lowest BCUT2D eigenvalue weighted by atomic mass is 9.92. The molecule has 2 aromatic heterocycles. The molecule has 2 aromatic carbocycles. The first-order chi connectivity index (χ1) is 20.1. The van der Waals surface area contributed by atoms with Crippen LogP contribution in [0.1, 0.15) is 44.7 Å². The second kappa shape index (κ2) is 13.0. The highest BCUT2D eigenvalue weighted by Crippen LogP contribution is 2.44. The zero-order chi connectivity index (χ0) is 31.7. The Morgan fingerprint density at radius 2 is 1.81 bits per heavy atom. The zero-order valence-corrected chi connectivity index (χ0v) is 29.2. The molecule has 0 saturated carbocycles. The number of halogens is 1. The van der Waals surface area contributed by atoms with Crippen molar-refractivity contribution in [2.45, 2.75) is 78.6 Å². The highest BCUT2D eigenvalue weighted by molar-refractivity contribution is 7.22. The van der Waals surface area contributed by atoms with Crippen LogP contribution in [0.25, 0.3) is 32.1 Å². The summed E-state index contributed by atoms with van der Waals surface area (Å²) in [7, 11) is 0.379. The number of rotatable bonds is 10. The van der Waals surface area contributed by atoms with Crippen LogP contribution >= 0.6 is 22.9 Å². The number of aromatic nitrogens is 1. The number of methoxy groups -OCH3 is 1. The minimum atomic E-state index is -1.28. The minimum absolute atomic E-state index is 0.0686. The van der Waals surface area contributed by atoms with E-state index in [2.05, 4.69) is 56.1 Å². The van der Waals surface area contributed by atoms with E-state index in [4.69, 9.17) is 25.8 Å². The van der Waals surface area contributed by atoms with Gasteiger partial charge in [-0.3, -0.25) is 9.36 Å². The molecule has 0 aliphatic heterocycles. The molecule has 2 heterocycles. The van der Waals surface area contributed by atoms with E-state index in [9.17, 15) is 9.59 Å². The van der Waals surface area contributed by atoms with Gasteiger partial charge in [0.25, 0.3) is 5.56 Å². The number of alkyl carbamates (subject to hydrolysis) is 1. The van der Waals surface area contributed by atoms with Crippen LogP contribution < -0.4 is 15.6 Å². The number of carbonyl (C=O) groups excluding carboxylic acids is 1. The topological polar surface area (TPSA) is 78.8 Å². The fraction of sp³-hybridized carbons (Fsp3) is 0.455. The van der Waals surface area contributed by atoms with Gasteiger partial charge in [0.2, 0.25) is 0 Å². The molecule has 0 aliphatic carbocycles. The van der Waals surface area contributed by atoms with E-state index in [1.54, 1.807) is 11.7 Å². The summed E-state index contributed by atoms with van der Waals surface area (Å²) in [4.78, 5) is 25.9. The number of carbonyl (C=O) groups is 1. The molecule has 43 heavy (non-hydrogen) atoms. The Labute approximate surface area is 264 Å². The molecule has 10 heteroatoms. The molecular formula is C33H43ClN2O5SSi. The molecule has 0 bridgehead atoms. The van der Waals surface area contributed by atoms with Crippen molar-refractivity contribution in [3.63, 3.8) is 0 Å². The third-order valence-electron chi connectivity index (χ3n) is 7.29. The summed E-state index contributed by atoms with van der Waals surface area (Å²) in [6.45, 7) is 17.7. The van der Waals surface area contributed by atoms with Gasteiger partial charge in [-0.15, -0.1) is 11.3 Å². The van der Waals surface area contributed by atoms with Gasteiger partial charge in [-0.2, -0.15) is 0 Å². The first kappa shape index (κ1) is 33.0. The van der Waals surface area contributed by atoms with Crippen molar-refractivity contribution >= 4 is 58.1 Å². The quantitative estimate of drug-likeness (QED) is 0.138. The van der Waals surface area contributed by atoms with E-state index < -0.39 is 19.8 Å². The smallest absolute Gasteiger partial charge is 0.407 e. The molecule has 4 aromatic rings. The highest BCUT2D eigenvalue weighted by Gasteiger charge is 2.23. The van der Waals surface area contributed by atoms with Gasteiger partial charge in [0.1, 0.15) is 22.8 Å². The third kappa shape index (κ3) is 7.81. The number of nitrogens with zero attached hydrogens (tertiary/aromatic N) is 1. The average Bonchev–Trinajstić information content (AvgIpc) is 3.31. The number of fused-ring (bicyclic) bond motifs is 3. The largest absolute Gasteiger partial charge is 0.496 e. The van der Waals surface area contributed by atoms with E-state index in [0.717, 1.165) is 44.6 Å². The summed E-state index contributed by atoms with van der Waals surface area (Å²) in [6, 6.07) is 13.1. The standard InChI is InChI=1S/C33H43ClN2O5SSi/c1-20-16-25(39-6)27(23-12-10-22(11-13-23)21(2)18-35-32(38)41-33(3,4)5)28-24-17-26(34)42-30(24)31(37)36(29(20)28)19-40-14-15-43(7,8)9/h10-13,16-17,21H,14-15,18-19H2,1-9H3,(H,35,38). The van der Waals surface area contributed by atoms with Crippen molar-refractivity contribution in [3.05, 3.63) is 62.2 Å². The molecule has 1 N–H and O–H groups in total. The molecule has 0 saturated heterocycles. The predicted octanol–water partition coefficient (Wildman–Crippen LogP) is 8.79. The van der Waals surface area contributed by atoms with E-state index >= 15 is 0 Å². The highest BCUT2D eigenvalue weighted by atomic mass is 35.5. The van der Waals surface area contributed by atoms with E-state index in [1.165, 1.54) is 11.3 Å². The van der Waals surface area contributed by atoms with Gasteiger partial charge < -0.3 is 19.5 Å². The lowest BCUT2D eigenvalue weighted by Crippen LogP contribution is -2.34. The van der Waals surface area contributed by atoms with E-state index in [-0.39, 0.29) is 18.2 Å². The number of ether oxygens (including phenoxy) is 3. The molecule has 0 fully saturated rings. The van der Waals surface area contributed by atoms with Gasteiger partial charge in [0.15, 0.2) is 0 Å². The number of benzene rings is 2. The van der Waals surface area contributed by atoms with Crippen LogP contribution in [0.4, 0.5) is 4.79 Å². The third-order valence-corrected chi connectivity index (χ3v) is 10.2. The van der Waals surface area contributed by atoms with Crippen LogP contribution in [0, 0.1) is 6.92 Å². The first-order valence-electron chi connectivity index (χ1n) is 14.6. The molecule has 7 nitrogen and oxygen atoms in total. The SMILES string of the molecule is COc1cc(C)c2c(c1-c1ccc(C(C)CNC(=O)OC(C)(C)C)cc1)c1cc(Cl)sc1c(=O)n2COCC[Si](C)(C)C. The van der Waals surface area contributed by atoms with Gasteiger partial charge in [-0.1, -0.05) is 62.4 Å². The molecule has 232 valence electrons. The van der Waals surface area contributed by atoms with Crippen molar-refractivity contribution in [2.75, 3.05) is 20.3 Å². The second-order valence-electron chi connectivity index (χ2n) is 13.3. The molecule has 0 aliphatic rings. The molecule has 1 amide bonds. The van der Waals surface area contributed by atoms with Gasteiger partial charge in [-0.25, -0.2) is 4.79 Å². The average molecular weight is 643 g/mol. The van der Waals surface area contributed by atoms with E-state index in [0.29, 0.717) is 27.9 Å². The first-order valence-corrected chi connectivity index (χ1v) is 19.5. The normalized spacial score (nSPS) is 13.0. The number of nitrogens with one attached hydrogen (secondary N) is 1. The summed E-state index contributed by atoms with van der Waals surface area (Å²) >= 11 is 7.80. The lowest BCUT2D eigenvalue weighted by molar-refractivity contribution is 0.0525. The summed E-state index contributed by atoms with van der Waals surface area (Å²) in [6.07, 6.45) is -0.430. The number of thiophene rings is 1. The van der Waals surface area contributed by atoms with Gasteiger partial charge in [0.05, 0.1) is 17.0 Å². The Bertz CT molecular complexity index is 1680. The summed E-state index contributed by atoms with van der Waals surface area (Å²) in [5, 5.41) is 4.58. The molecule has 0 spiro atoms.